The molecule has 0 aliphatic carbocycles. The summed E-state index contributed by atoms with van der Waals surface area (Å²) in [4.78, 5) is 19.1. The van der Waals surface area contributed by atoms with Gasteiger partial charge in [-0.05, 0) is 45.3 Å². The quantitative estimate of drug-likeness (QED) is 0.918. The van der Waals surface area contributed by atoms with Crippen molar-refractivity contribution in [3.8, 4) is 0 Å². The van der Waals surface area contributed by atoms with Crippen LogP contribution in [0.1, 0.15) is 28.9 Å². The molecule has 1 saturated heterocycles. The van der Waals surface area contributed by atoms with Gasteiger partial charge in [-0.1, -0.05) is 0 Å². The number of carbonyl (C=O) groups is 1. The van der Waals surface area contributed by atoms with Crippen molar-refractivity contribution in [3.05, 3.63) is 29.7 Å². The van der Waals surface area contributed by atoms with Crippen LogP contribution in [0.5, 0.6) is 0 Å². The predicted molar refractivity (Wildman–Crippen MR) is 80.3 cm³/mol. The first-order chi connectivity index (χ1) is 10.2. The van der Waals surface area contributed by atoms with Crippen LogP contribution in [-0.4, -0.2) is 52.1 Å². The fourth-order valence-electron chi connectivity index (χ4n) is 2.99. The van der Waals surface area contributed by atoms with Crippen molar-refractivity contribution < 1.29 is 4.79 Å². The summed E-state index contributed by atoms with van der Waals surface area (Å²) in [5.74, 6) is 0.577. The average molecular weight is 287 g/mol. The van der Waals surface area contributed by atoms with E-state index < -0.39 is 0 Å². The zero-order valence-corrected chi connectivity index (χ0v) is 12.5. The second kappa shape index (κ2) is 5.81. The Kier molecular flexibility index (Phi) is 3.88. The third-order valence-corrected chi connectivity index (χ3v) is 4.04. The minimum atomic E-state index is 0.0453. The molecule has 1 atom stereocenters. The highest BCUT2D eigenvalue weighted by Gasteiger charge is 2.26. The molecule has 6 nitrogen and oxygen atoms in total. The Balaban J connectivity index is 1.84. The fraction of sp³-hybridized carbons (Fsp3) is 0.533. The lowest BCUT2D eigenvalue weighted by atomic mass is 9.97. The zero-order valence-electron chi connectivity index (χ0n) is 12.5. The molecule has 1 fully saturated rings. The van der Waals surface area contributed by atoms with Gasteiger partial charge in [0.05, 0.1) is 6.20 Å². The van der Waals surface area contributed by atoms with Crippen LogP contribution < -0.4 is 5.32 Å². The number of carbonyl (C=O) groups excluding carboxylic acids is 1. The number of fused-ring (bicyclic) bond motifs is 1. The molecule has 2 aromatic rings. The highest BCUT2D eigenvalue weighted by atomic mass is 16.2. The maximum absolute atomic E-state index is 12.7. The summed E-state index contributed by atoms with van der Waals surface area (Å²) in [6, 6.07) is 1.89. The Morgan fingerprint density at radius 2 is 2.38 bits per heavy atom. The van der Waals surface area contributed by atoms with E-state index in [1.165, 1.54) is 6.42 Å². The smallest absolute Gasteiger partial charge is 0.259 e. The molecule has 3 rings (SSSR count). The van der Waals surface area contributed by atoms with E-state index in [1.807, 2.05) is 31.1 Å². The third-order valence-electron chi connectivity index (χ3n) is 4.04. The first-order valence-electron chi connectivity index (χ1n) is 7.44. The Labute approximate surface area is 124 Å². The number of likely N-dealkylation sites (tertiary alicyclic amines) is 1. The van der Waals surface area contributed by atoms with Gasteiger partial charge in [0.1, 0.15) is 5.56 Å². The zero-order chi connectivity index (χ0) is 14.8. The van der Waals surface area contributed by atoms with E-state index in [0.29, 0.717) is 17.1 Å². The second-order valence-corrected chi connectivity index (χ2v) is 5.71. The summed E-state index contributed by atoms with van der Waals surface area (Å²) in [5, 5.41) is 7.43. The molecule has 1 unspecified atom stereocenters. The molecular weight excluding hydrogens is 266 g/mol. The van der Waals surface area contributed by atoms with Gasteiger partial charge in [0.2, 0.25) is 0 Å². The Hall–Kier alpha value is -1.95. The number of hydrogen-bond donors (Lipinski definition) is 1. The minimum Gasteiger partial charge on any atom is -0.338 e. The third kappa shape index (κ3) is 2.76. The Bertz CT molecular complexity index is 649. The number of hydrogen-bond acceptors (Lipinski definition) is 4. The molecule has 1 aliphatic rings. The van der Waals surface area contributed by atoms with Gasteiger partial charge >= 0.3 is 0 Å². The first kappa shape index (κ1) is 14.0. The maximum Gasteiger partial charge on any atom is 0.259 e. The van der Waals surface area contributed by atoms with Crippen LogP contribution in [0.2, 0.25) is 0 Å². The molecular formula is C15H21N5O. The van der Waals surface area contributed by atoms with E-state index in [0.717, 1.165) is 31.7 Å². The number of rotatable bonds is 3. The van der Waals surface area contributed by atoms with E-state index in [2.05, 4.69) is 15.4 Å². The lowest BCUT2D eigenvalue weighted by Gasteiger charge is -2.32. The summed E-state index contributed by atoms with van der Waals surface area (Å²) in [6.45, 7) is 4.51. The van der Waals surface area contributed by atoms with Crippen molar-refractivity contribution in [1.82, 2.24) is 24.8 Å². The average Bonchev–Trinajstić information content (AvgIpc) is 2.90. The molecule has 21 heavy (non-hydrogen) atoms. The number of piperidine rings is 1. The molecule has 1 amide bonds. The monoisotopic (exact) mass is 287 g/mol. The fourth-order valence-corrected chi connectivity index (χ4v) is 2.99. The van der Waals surface area contributed by atoms with Gasteiger partial charge in [-0.25, -0.2) is 9.50 Å². The van der Waals surface area contributed by atoms with Crippen LogP contribution in [-0.2, 0) is 0 Å². The lowest BCUT2D eigenvalue weighted by Crippen LogP contribution is -2.42. The van der Waals surface area contributed by atoms with Crippen molar-refractivity contribution in [1.29, 1.82) is 0 Å². The molecule has 0 spiro atoms. The van der Waals surface area contributed by atoms with Crippen LogP contribution in [0.4, 0.5) is 0 Å². The molecule has 6 heteroatoms. The van der Waals surface area contributed by atoms with Crippen LogP contribution in [0.15, 0.2) is 18.5 Å². The van der Waals surface area contributed by atoms with Crippen LogP contribution in [0.3, 0.4) is 0 Å². The van der Waals surface area contributed by atoms with Crippen molar-refractivity contribution in [2.75, 3.05) is 26.7 Å². The van der Waals surface area contributed by atoms with E-state index in [-0.39, 0.29) is 5.91 Å². The van der Waals surface area contributed by atoms with Crippen LogP contribution in [0, 0.1) is 12.8 Å². The second-order valence-electron chi connectivity index (χ2n) is 5.71. The maximum atomic E-state index is 12.7. The van der Waals surface area contributed by atoms with Crippen LogP contribution in [0.25, 0.3) is 5.65 Å². The Morgan fingerprint density at radius 1 is 1.52 bits per heavy atom. The number of nitrogens with one attached hydrogen (secondary N) is 1. The normalized spacial score (nSPS) is 19.1. The van der Waals surface area contributed by atoms with Gasteiger partial charge in [-0.2, -0.15) is 5.10 Å². The Morgan fingerprint density at radius 3 is 3.19 bits per heavy atom. The SMILES string of the molecule is CNCC1CCCN(C(=O)c2cnn3ccc(C)nc23)C1. The molecule has 3 heterocycles. The molecule has 0 aromatic carbocycles. The van der Waals surface area contributed by atoms with Crippen molar-refractivity contribution >= 4 is 11.6 Å². The molecule has 1 N–H and O–H groups in total. The molecule has 112 valence electrons. The van der Waals surface area contributed by atoms with E-state index in [9.17, 15) is 4.79 Å². The molecule has 0 saturated carbocycles. The number of amides is 1. The topological polar surface area (TPSA) is 62.5 Å². The number of aromatic nitrogens is 3. The summed E-state index contributed by atoms with van der Waals surface area (Å²) in [5.41, 5.74) is 2.14. The van der Waals surface area contributed by atoms with Gasteiger partial charge in [-0.15, -0.1) is 0 Å². The predicted octanol–water partition coefficient (Wildman–Crippen LogP) is 1.11. The van der Waals surface area contributed by atoms with Gasteiger partial charge < -0.3 is 10.2 Å². The van der Waals surface area contributed by atoms with Crippen molar-refractivity contribution in [2.45, 2.75) is 19.8 Å². The first-order valence-corrected chi connectivity index (χ1v) is 7.44. The number of aryl methyl sites for hydroxylation is 1. The summed E-state index contributed by atoms with van der Waals surface area (Å²) in [6.07, 6.45) is 5.71. The largest absolute Gasteiger partial charge is 0.338 e. The van der Waals surface area contributed by atoms with Crippen LogP contribution >= 0.6 is 0 Å². The van der Waals surface area contributed by atoms with E-state index >= 15 is 0 Å². The highest BCUT2D eigenvalue weighted by molar-refractivity contribution is 5.99. The van der Waals surface area contributed by atoms with Gasteiger partial charge in [0.15, 0.2) is 5.65 Å². The number of nitrogens with zero attached hydrogens (tertiary/aromatic N) is 4. The van der Waals surface area contributed by atoms with Crippen molar-refractivity contribution in [2.24, 2.45) is 5.92 Å². The van der Waals surface area contributed by atoms with E-state index in [1.54, 1.807) is 10.7 Å². The molecule has 0 bridgehead atoms. The lowest BCUT2D eigenvalue weighted by molar-refractivity contribution is 0.0676. The molecule has 1 aliphatic heterocycles. The molecule has 2 aromatic heterocycles. The summed E-state index contributed by atoms with van der Waals surface area (Å²) < 4.78 is 1.66. The highest BCUT2D eigenvalue weighted by Crippen LogP contribution is 2.19. The van der Waals surface area contributed by atoms with Crippen molar-refractivity contribution in [3.63, 3.8) is 0 Å². The summed E-state index contributed by atoms with van der Waals surface area (Å²) in [7, 11) is 1.96. The summed E-state index contributed by atoms with van der Waals surface area (Å²) >= 11 is 0. The molecule has 0 radical (unpaired) electrons. The standard InChI is InChI=1S/C15H21N5O/c1-11-5-7-20-14(18-11)13(9-17-20)15(21)19-6-3-4-12(10-19)8-16-2/h5,7,9,12,16H,3-4,6,8,10H2,1-2H3. The van der Waals surface area contributed by atoms with Gasteiger partial charge in [-0.3, -0.25) is 4.79 Å². The van der Waals surface area contributed by atoms with Gasteiger partial charge in [0.25, 0.3) is 5.91 Å². The van der Waals surface area contributed by atoms with Gasteiger partial charge in [0, 0.05) is 25.0 Å². The van der Waals surface area contributed by atoms with E-state index in [4.69, 9.17) is 0 Å². The minimum absolute atomic E-state index is 0.0453.